The molecule has 1 amide bonds. The molecule has 0 spiro atoms. The number of thioether (sulfide) groups is 1. The summed E-state index contributed by atoms with van der Waals surface area (Å²) in [5.41, 5.74) is 1.44. The third-order valence-corrected chi connectivity index (χ3v) is 6.51. The molecule has 0 aliphatic heterocycles. The molecule has 3 N–H and O–H groups in total. The van der Waals surface area contributed by atoms with Crippen LogP contribution in [0.3, 0.4) is 0 Å². The zero-order chi connectivity index (χ0) is 20.0. The molecule has 1 unspecified atom stereocenters. The second-order valence-corrected chi connectivity index (χ2v) is 8.60. The van der Waals surface area contributed by atoms with E-state index >= 15 is 0 Å². The van der Waals surface area contributed by atoms with Gasteiger partial charge in [0.2, 0.25) is 5.91 Å². The molecule has 0 bridgehead atoms. The Morgan fingerprint density at radius 2 is 2.07 bits per heavy atom. The predicted octanol–water partition coefficient (Wildman–Crippen LogP) is 2.20. The van der Waals surface area contributed by atoms with Gasteiger partial charge in [0, 0.05) is 17.5 Å². The van der Waals surface area contributed by atoms with Crippen LogP contribution in [0.1, 0.15) is 24.1 Å². The summed E-state index contributed by atoms with van der Waals surface area (Å²) in [7, 11) is -2.32. The molecule has 1 heterocycles. The van der Waals surface area contributed by atoms with Crippen LogP contribution in [0.2, 0.25) is 0 Å². The molecular weight excluding hydrogens is 406 g/mol. The van der Waals surface area contributed by atoms with Crippen LogP contribution in [0.25, 0.3) is 0 Å². The number of rotatable bonds is 7. The van der Waals surface area contributed by atoms with Crippen LogP contribution >= 0.6 is 24.0 Å². The topological polar surface area (TPSA) is 100 Å². The fraction of sp³-hybridized carbons (Fsp3) is 0.294. The molecule has 7 nitrogen and oxygen atoms in total. The predicted molar refractivity (Wildman–Crippen MR) is 109 cm³/mol. The van der Waals surface area contributed by atoms with E-state index in [1.807, 2.05) is 6.92 Å². The SMILES string of the molecule is CNC(=S)NS(=O)(=O)c1cc(CC(=O)NC(C)c2ccoc2)ccc1SC. The Kier molecular flexibility index (Phi) is 7.28. The molecule has 0 radical (unpaired) electrons. The van der Waals surface area contributed by atoms with Gasteiger partial charge in [-0.3, -0.25) is 9.52 Å². The molecular formula is C17H21N3O4S3. The Morgan fingerprint density at radius 3 is 2.67 bits per heavy atom. The summed E-state index contributed by atoms with van der Waals surface area (Å²) in [6.07, 6.45) is 4.94. The van der Waals surface area contributed by atoms with Crippen molar-refractivity contribution < 1.29 is 17.6 Å². The molecule has 0 aliphatic rings. The van der Waals surface area contributed by atoms with Crippen LogP contribution in [-0.2, 0) is 21.2 Å². The molecule has 146 valence electrons. The summed E-state index contributed by atoms with van der Waals surface area (Å²) in [6, 6.07) is 6.49. The lowest BCUT2D eigenvalue weighted by Crippen LogP contribution is -2.37. The molecule has 27 heavy (non-hydrogen) atoms. The van der Waals surface area contributed by atoms with E-state index in [1.165, 1.54) is 24.9 Å². The van der Waals surface area contributed by atoms with Crippen LogP contribution in [0.4, 0.5) is 0 Å². The first-order chi connectivity index (χ1) is 12.8. The summed E-state index contributed by atoms with van der Waals surface area (Å²) in [6.45, 7) is 1.85. The molecule has 0 aliphatic carbocycles. The van der Waals surface area contributed by atoms with Gasteiger partial charge in [-0.1, -0.05) is 6.07 Å². The van der Waals surface area contributed by atoms with Gasteiger partial charge in [-0.05, 0) is 49.2 Å². The van der Waals surface area contributed by atoms with Gasteiger partial charge in [-0.15, -0.1) is 11.8 Å². The first-order valence-corrected chi connectivity index (χ1v) is 11.1. The highest BCUT2D eigenvalue weighted by Gasteiger charge is 2.21. The minimum atomic E-state index is -3.85. The van der Waals surface area contributed by atoms with Crippen LogP contribution < -0.4 is 15.4 Å². The van der Waals surface area contributed by atoms with E-state index in [9.17, 15) is 13.2 Å². The Morgan fingerprint density at radius 1 is 1.33 bits per heavy atom. The van der Waals surface area contributed by atoms with Crippen molar-refractivity contribution in [3.63, 3.8) is 0 Å². The van der Waals surface area contributed by atoms with Crippen molar-refractivity contribution in [1.82, 2.24) is 15.4 Å². The number of thiocarbonyl (C=S) groups is 1. The molecule has 1 atom stereocenters. The van der Waals surface area contributed by atoms with E-state index in [0.29, 0.717) is 10.5 Å². The Labute approximate surface area is 168 Å². The maximum atomic E-state index is 12.6. The van der Waals surface area contributed by atoms with E-state index in [2.05, 4.69) is 15.4 Å². The minimum Gasteiger partial charge on any atom is -0.472 e. The summed E-state index contributed by atoms with van der Waals surface area (Å²) in [5.74, 6) is -0.220. The lowest BCUT2D eigenvalue weighted by Gasteiger charge is -2.14. The van der Waals surface area contributed by atoms with Gasteiger partial charge in [0.25, 0.3) is 10.0 Å². The number of benzene rings is 1. The average molecular weight is 428 g/mol. The van der Waals surface area contributed by atoms with Crippen LogP contribution in [0.5, 0.6) is 0 Å². The lowest BCUT2D eigenvalue weighted by molar-refractivity contribution is -0.121. The Bertz CT molecular complexity index is 912. The number of hydrogen-bond acceptors (Lipinski definition) is 6. The van der Waals surface area contributed by atoms with Crippen LogP contribution in [-0.4, -0.2) is 32.7 Å². The van der Waals surface area contributed by atoms with Crippen LogP contribution in [0, 0.1) is 0 Å². The third-order valence-electron chi connectivity index (χ3n) is 3.76. The third kappa shape index (κ3) is 5.72. The number of hydrogen-bond donors (Lipinski definition) is 3. The summed E-state index contributed by atoms with van der Waals surface area (Å²) in [5, 5.41) is 5.43. The van der Waals surface area contributed by atoms with E-state index in [1.54, 1.807) is 37.0 Å². The summed E-state index contributed by atoms with van der Waals surface area (Å²) >= 11 is 6.19. The Balaban J connectivity index is 2.18. The molecule has 0 saturated heterocycles. The van der Waals surface area contributed by atoms with Crippen molar-refractivity contribution in [1.29, 1.82) is 0 Å². The number of carbonyl (C=O) groups is 1. The number of carbonyl (C=O) groups excluding carboxylic acids is 1. The molecule has 2 aromatic rings. The first-order valence-electron chi connectivity index (χ1n) is 7.99. The first kappa shape index (κ1) is 21.3. The zero-order valence-electron chi connectivity index (χ0n) is 15.1. The van der Waals surface area contributed by atoms with Crippen molar-refractivity contribution in [2.75, 3.05) is 13.3 Å². The molecule has 1 aromatic carbocycles. The standard InChI is InChI=1S/C17H21N3O4S3/c1-11(13-6-7-24-10-13)19-16(21)9-12-4-5-14(26-3)15(8-12)27(22,23)20-17(25)18-2/h4-8,10-11H,9H2,1-3H3,(H,19,21)(H2,18,20,25). The smallest absolute Gasteiger partial charge is 0.264 e. The monoisotopic (exact) mass is 427 g/mol. The summed E-state index contributed by atoms with van der Waals surface area (Å²) in [4.78, 5) is 13.0. The molecule has 1 aromatic heterocycles. The van der Waals surface area contributed by atoms with E-state index in [-0.39, 0.29) is 28.4 Å². The number of amides is 1. The highest BCUT2D eigenvalue weighted by atomic mass is 32.2. The Hall–Kier alpha value is -2.04. The van der Waals surface area contributed by atoms with E-state index in [4.69, 9.17) is 16.6 Å². The molecule has 2 rings (SSSR count). The van der Waals surface area contributed by atoms with Gasteiger partial charge in [-0.25, -0.2) is 8.42 Å². The van der Waals surface area contributed by atoms with Gasteiger partial charge >= 0.3 is 0 Å². The van der Waals surface area contributed by atoms with Crippen molar-refractivity contribution >= 4 is 45.0 Å². The number of furan rings is 1. The second-order valence-electron chi connectivity index (χ2n) is 5.69. The van der Waals surface area contributed by atoms with E-state index < -0.39 is 10.0 Å². The van der Waals surface area contributed by atoms with Gasteiger partial charge in [0.15, 0.2) is 5.11 Å². The fourth-order valence-electron chi connectivity index (χ4n) is 2.35. The normalized spacial score (nSPS) is 12.3. The number of sulfonamides is 1. The maximum Gasteiger partial charge on any atom is 0.264 e. The largest absolute Gasteiger partial charge is 0.472 e. The second kappa shape index (κ2) is 9.25. The molecule has 0 saturated carbocycles. The van der Waals surface area contributed by atoms with Crippen molar-refractivity contribution in [3.05, 3.63) is 47.9 Å². The fourth-order valence-corrected chi connectivity index (χ4v) is 4.82. The van der Waals surface area contributed by atoms with E-state index in [0.717, 1.165) is 5.56 Å². The van der Waals surface area contributed by atoms with Gasteiger partial charge in [0.1, 0.15) is 4.90 Å². The van der Waals surface area contributed by atoms with Gasteiger partial charge in [-0.2, -0.15) is 0 Å². The van der Waals surface area contributed by atoms with Crippen LogP contribution in [0.15, 0.2) is 51.0 Å². The lowest BCUT2D eigenvalue weighted by atomic mass is 10.1. The zero-order valence-corrected chi connectivity index (χ0v) is 17.6. The van der Waals surface area contributed by atoms with Gasteiger partial charge in [0.05, 0.1) is 25.0 Å². The quantitative estimate of drug-likeness (QED) is 0.460. The minimum absolute atomic E-state index is 0.000800. The maximum absolute atomic E-state index is 12.6. The van der Waals surface area contributed by atoms with Crippen molar-refractivity contribution in [3.8, 4) is 0 Å². The average Bonchev–Trinajstić information content (AvgIpc) is 3.16. The van der Waals surface area contributed by atoms with Crippen molar-refractivity contribution in [2.24, 2.45) is 0 Å². The highest BCUT2D eigenvalue weighted by molar-refractivity contribution is 7.99. The highest BCUT2D eigenvalue weighted by Crippen LogP contribution is 2.26. The number of nitrogens with one attached hydrogen (secondary N) is 3. The van der Waals surface area contributed by atoms with Gasteiger partial charge < -0.3 is 15.1 Å². The summed E-state index contributed by atoms with van der Waals surface area (Å²) < 4.78 is 32.5. The van der Waals surface area contributed by atoms with Crippen molar-refractivity contribution in [2.45, 2.75) is 29.2 Å². The molecule has 0 fully saturated rings. The molecule has 10 heteroatoms.